The second kappa shape index (κ2) is 14.5. The summed E-state index contributed by atoms with van der Waals surface area (Å²) in [5.41, 5.74) is 0. The summed E-state index contributed by atoms with van der Waals surface area (Å²) in [6.45, 7) is 10.9. The van der Waals surface area contributed by atoms with Gasteiger partial charge in [0.05, 0.1) is 19.5 Å². The predicted octanol–water partition coefficient (Wildman–Crippen LogP) is 1.90. The van der Waals surface area contributed by atoms with Crippen molar-refractivity contribution < 1.29 is 13.9 Å². The highest BCUT2D eigenvalue weighted by molar-refractivity contribution is 5.79. The zero-order valence-electron chi connectivity index (χ0n) is 16.8. The Morgan fingerprint density at radius 2 is 2.00 bits per heavy atom. The first kappa shape index (κ1) is 21.7. The van der Waals surface area contributed by atoms with Gasteiger partial charge in [0.1, 0.15) is 5.76 Å². The van der Waals surface area contributed by atoms with Gasteiger partial charge in [-0.05, 0) is 25.0 Å². The Bertz CT molecular complexity index is 487. The van der Waals surface area contributed by atoms with Crippen molar-refractivity contribution >= 4 is 5.96 Å². The van der Waals surface area contributed by atoms with Crippen molar-refractivity contribution in [3.63, 3.8) is 0 Å². The van der Waals surface area contributed by atoms with Crippen molar-refractivity contribution in [2.45, 2.75) is 32.6 Å². The number of rotatable bonds is 13. The van der Waals surface area contributed by atoms with Crippen LogP contribution in [0.1, 0.15) is 31.9 Å². The van der Waals surface area contributed by atoms with Crippen LogP contribution in [0.2, 0.25) is 0 Å². The quantitative estimate of drug-likeness (QED) is 0.309. The molecule has 0 unspecified atom stereocenters. The van der Waals surface area contributed by atoms with Crippen molar-refractivity contribution in [3.05, 3.63) is 24.2 Å². The van der Waals surface area contributed by atoms with Crippen molar-refractivity contribution in [3.8, 4) is 0 Å². The maximum absolute atomic E-state index is 5.61. The molecule has 0 aliphatic carbocycles. The van der Waals surface area contributed by atoms with Crippen LogP contribution >= 0.6 is 0 Å². The molecule has 1 aromatic rings. The molecule has 1 aromatic heterocycles. The first-order valence-electron chi connectivity index (χ1n) is 10.3. The van der Waals surface area contributed by atoms with Gasteiger partial charge in [0.15, 0.2) is 5.96 Å². The smallest absolute Gasteiger partial charge is 0.191 e. The van der Waals surface area contributed by atoms with Crippen LogP contribution in [0.5, 0.6) is 0 Å². The number of guanidine groups is 1. The molecule has 1 aliphatic heterocycles. The highest BCUT2D eigenvalue weighted by Gasteiger charge is 2.09. The lowest BCUT2D eigenvalue weighted by Gasteiger charge is -2.26. The Kier molecular flexibility index (Phi) is 11.7. The van der Waals surface area contributed by atoms with Crippen LogP contribution in [0.25, 0.3) is 0 Å². The summed E-state index contributed by atoms with van der Waals surface area (Å²) in [5.74, 6) is 1.85. The minimum Gasteiger partial charge on any atom is -0.469 e. The molecule has 1 aliphatic rings. The molecular weight excluding hydrogens is 344 g/mol. The van der Waals surface area contributed by atoms with E-state index in [4.69, 9.17) is 13.9 Å². The molecule has 2 rings (SSSR count). The zero-order valence-corrected chi connectivity index (χ0v) is 16.8. The lowest BCUT2D eigenvalue weighted by molar-refractivity contribution is 0.0389. The van der Waals surface area contributed by atoms with Crippen LogP contribution in [-0.4, -0.2) is 76.6 Å². The largest absolute Gasteiger partial charge is 0.469 e. The molecule has 0 aromatic carbocycles. The van der Waals surface area contributed by atoms with Gasteiger partial charge in [-0.25, -0.2) is 0 Å². The van der Waals surface area contributed by atoms with Gasteiger partial charge in [0.2, 0.25) is 0 Å². The number of nitrogens with zero attached hydrogens (tertiary/aromatic N) is 2. The number of unbranched alkanes of at least 4 members (excludes halogenated alkanes) is 1. The normalized spacial score (nSPS) is 15.8. The molecule has 1 fully saturated rings. The van der Waals surface area contributed by atoms with Gasteiger partial charge in [-0.15, -0.1) is 0 Å². The van der Waals surface area contributed by atoms with Crippen molar-refractivity contribution in [1.29, 1.82) is 0 Å². The van der Waals surface area contributed by atoms with E-state index in [1.807, 2.05) is 12.1 Å². The summed E-state index contributed by atoms with van der Waals surface area (Å²) in [6.07, 6.45) is 5.81. The van der Waals surface area contributed by atoms with Crippen LogP contribution in [-0.2, 0) is 15.9 Å². The fourth-order valence-corrected chi connectivity index (χ4v) is 2.80. The third-order valence-corrected chi connectivity index (χ3v) is 4.43. The first-order chi connectivity index (χ1) is 13.4. The van der Waals surface area contributed by atoms with E-state index in [1.54, 1.807) is 6.26 Å². The summed E-state index contributed by atoms with van der Waals surface area (Å²) in [5, 5.41) is 6.85. The maximum atomic E-state index is 5.61. The monoisotopic (exact) mass is 380 g/mol. The molecule has 0 atom stereocenters. The Morgan fingerprint density at radius 3 is 2.78 bits per heavy atom. The van der Waals surface area contributed by atoms with Crippen LogP contribution in [0.3, 0.4) is 0 Å². The third kappa shape index (κ3) is 10.4. The SMILES string of the molecule is CCCCOCCCN=C(NCCc1ccco1)NCCN1CCOCC1. The predicted molar refractivity (Wildman–Crippen MR) is 108 cm³/mol. The van der Waals surface area contributed by atoms with Crippen LogP contribution in [0, 0.1) is 0 Å². The lowest BCUT2D eigenvalue weighted by Crippen LogP contribution is -2.44. The second-order valence-corrected chi connectivity index (χ2v) is 6.69. The Labute approximate surface area is 163 Å². The van der Waals surface area contributed by atoms with Gasteiger partial charge in [-0.1, -0.05) is 13.3 Å². The van der Waals surface area contributed by atoms with E-state index in [0.717, 1.165) is 96.7 Å². The van der Waals surface area contributed by atoms with Gasteiger partial charge in [0, 0.05) is 58.9 Å². The van der Waals surface area contributed by atoms with Crippen LogP contribution in [0.4, 0.5) is 0 Å². The first-order valence-corrected chi connectivity index (χ1v) is 10.3. The minimum absolute atomic E-state index is 0.764. The maximum Gasteiger partial charge on any atom is 0.191 e. The molecule has 0 spiro atoms. The highest BCUT2D eigenvalue weighted by Crippen LogP contribution is 1.99. The molecule has 0 amide bonds. The average molecular weight is 381 g/mol. The molecule has 7 nitrogen and oxygen atoms in total. The molecule has 1 saturated heterocycles. The zero-order chi connectivity index (χ0) is 19.0. The van der Waals surface area contributed by atoms with Crippen LogP contribution < -0.4 is 10.6 Å². The summed E-state index contributed by atoms with van der Waals surface area (Å²) in [6, 6.07) is 3.92. The average Bonchev–Trinajstić information content (AvgIpc) is 3.21. The molecular formula is C20H36N4O3. The number of ether oxygens (including phenoxy) is 2. The Morgan fingerprint density at radius 1 is 1.19 bits per heavy atom. The van der Waals surface area contributed by atoms with E-state index in [-0.39, 0.29) is 0 Å². The molecule has 0 bridgehead atoms. The molecule has 27 heavy (non-hydrogen) atoms. The summed E-state index contributed by atoms with van der Waals surface area (Å²) < 4.78 is 16.4. The van der Waals surface area contributed by atoms with E-state index < -0.39 is 0 Å². The summed E-state index contributed by atoms with van der Waals surface area (Å²) >= 11 is 0. The molecule has 0 saturated carbocycles. The lowest BCUT2D eigenvalue weighted by atomic mass is 10.3. The number of furan rings is 1. The fraction of sp³-hybridized carbons (Fsp3) is 0.750. The molecule has 0 radical (unpaired) electrons. The molecule has 2 heterocycles. The highest BCUT2D eigenvalue weighted by atomic mass is 16.5. The molecule has 2 N–H and O–H groups in total. The van der Waals surface area contributed by atoms with E-state index >= 15 is 0 Å². The fourth-order valence-electron chi connectivity index (χ4n) is 2.80. The number of hydrogen-bond donors (Lipinski definition) is 2. The van der Waals surface area contributed by atoms with Crippen molar-refractivity contribution in [1.82, 2.24) is 15.5 Å². The van der Waals surface area contributed by atoms with Gasteiger partial charge >= 0.3 is 0 Å². The number of aliphatic imine (C=N–C) groups is 1. The standard InChI is InChI=1S/C20H36N4O3/c1-2-3-14-25-15-5-8-21-20(22-9-7-19-6-4-16-27-19)23-10-11-24-12-17-26-18-13-24/h4,6,16H,2-3,5,7-15,17-18H2,1H3,(H2,21,22,23). The van der Waals surface area contributed by atoms with E-state index in [2.05, 4.69) is 27.4 Å². The van der Waals surface area contributed by atoms with Crippen molar-refractivity contribution in [2.24, 2.45) is 4.99 Å². The van der Waals surface area contributed by atoms with E-state index in [0.29, 0.717) is 0 Å². The Balaban J connectivity index is 1.66. The van der Waals surface area contributed by atoms with Gasteiger partial charge in [-0.2, -0.15) is 0 Å². The number of hydrogen-bond acceptors (Lipinski definition) is 5. The van der Waals surface area contributed by atoms with E-state index in [9.17, 15) is 0 Å². The third-order valence-electron chi connectivity index (χ3n) is 4.43. The van der Waals surface area contributed by atoms with E-state index in [1.165, 1.54) is 6.42 Å². The Hall–Kier alpha value is -1.57. The van der Waals surface area contributed by atoms with Gasteiger partial charge < -0.3 is 24.5 Å². The minimum atomic E-state index is 0.764. The summed E-state index contributed by atoms with van der Waals surface area (Å²) in [7, 11) is 0. The molecule has 154 valence electrons. The van der Waals surface area contributed by atoms with Crippen molar-refractivity contribution in [2.75, 3.05) is 65.7 Å². The topological polar surface area (TPSA) is 71.3 Å². The second-order valence-electron chi connectivity index (χ2n) is 6.69. The van der Waals surface area contributed by atoms with Crippen LogP contribution in [0.15, 0.2) is 27.8 Å². The molecule has 7 heteroatoms. The number of nitrogens with one attached hydrogen (secondary N) is 2. The van der Waals surface area contributed by atoms with Gasteiger partial charge in [-0.3, -0.25) is 9.89 Å². The van der Waals surface area contributed by atoms with Gasteiger partial charge in [0.25, 0.3) is 0 Å². The number of morpholine rings is 1. The summed E-state index contributed by atoms with van der Waals surface area (Å²) in [4.78, 5) is 7.10.